The van der Waals surface area contributed by atoms with E-state index < -0.39 is 35.1 Å². The zero-order chi connectivity index (χ0) is 30.5. The van der Waals surface area contributed by atoms with Gasteiger partial charge in [0.25, 0.3) is 11.8 Å². The van der Waals surface area contributed by atoms with Crippen LogP contribution < -0.4 is 10.6 Å². The molecule has 10 heteroatoms. The summed E-state index contributed by atoms with van der Waals surface area (Å²) in [4.78, 5) is 35.0. The highest BCUT2D eigenvalue weighted by Crippen LogP contribution is 2.41. The van der Waals surface area contributed by atoms with E-state index in [1.165, 1.54) is 44.6 Å². The maximum absolute atomic E-state index is 16.4. The fourth-order valence-electron chi connectivity index (χ4n) is 5.62. The molecule has 0 spiro atoms. The molecule has 2 amide bonds. The van der Waals surface area contributed by atoms with Gasteiger partial charge in [-0.2, -0.15) is 0 Å². The molecular weight excluding hydrogens is 554 g/mol. The number of rotatable bonds is 6. The number of fused-ring (bicyclic) bond motifs is 1. The van der Waals surface area contributed by atoms with Crippen molar-refractivity contribution in [1.82, 2.24) is 20.6 Å². The first-order valence-corrected chi connectivity index (χ1v) is 13.7. The van der Waals surface area contributed by atoms with E-state index in [0.717, 1.165) is 11.6 Å². The summed E-state index contributed by atoms with van der Waals surface area (Å²) in [5, 5.41) is 15.4. The van der Waals surface area contributed by atoms with Crippen LogP contribution in [0, 0.1) is 25.5 Å². The number of halogens is 2. The Hall–Kier alpha value is -4.96. The molecule has 0 bridgehead atoms. The molecule has 6 rings (SSSR count). The van der Waals surface area contributed by atoms with E-state index in [1.54, 1.807) is 18.2 Å². The van der Waals surface area contributed by atoms with Gasteiger partial charge < -0.3 is 20.2 Å². The number of amides is 2. The molecule has 5 aromatic rings. The summed E-state index contributed by atoms with van der Waals surface area (Å²) in [6.07, 6.45) is 2.82. The molecule has 2 heterocycles. The van der Waals surface area contributed by atoms with Crippen molar-refractivity contribution < 1.29 is 27.9 Å². The second-order valence-corrected chi connectivity index (χ2v) is 10.9. The highest BCUT2D eigenvalue weighted by Gasteiger charge is 2.48. The molecule has 8 nitrogen and oxygen atoms in total. The van der Waals surface area contributed by atoms with Crippen LogP contribution in [0.2, 0.25) is 0 Å². The molecule has 0 radical (unpaired) electrons. The van der Waals surface area contributed by atoms with E-state index in [2.05, 4.69) is 20.6 Å². The van der Waals surface area contributed by atoms with Gasteiger partial charge in [0.15, 0.2) is 5.82 Å². The first-order chi connectivity index (χ1) is 20.6. The van der Waals surface area contributed by atoms with Crippen LogP contribution in [0.1, 0.15) is 50.5 Å². The summed E-state index contributed by atoms with van der Waals surface area (Å²) in [6, 6.07) is 14.4. The lowest BCUT2D eigenvalue weighted by Crippen LogP contribution is -2.57. The lowest BCUT2D eigenvalue weighted by atomic mass is 9.73. The fraction of sp³-hybridized carbons (Fsp3) is 0.212. The number of hydrogen-bond donors (Lipinski definition) is 3. The average Bonchev–Trinajstić information content (AvgIpc) is 3.39. The third kappa shape index (κ3) is 4.83. The molecule has 0 aliphatic heterocycles. The first kappa shape index (κ1) is 28.2. The number of carbonyl (C=O) groups is 2. The predicted molar refractivity (Wildman–Crippen MR) is 156 cm³/mol. The molecule has 43 heavy (non-hydrogen) atoms. The molecule has 3 aromatic carbocycles. The Bertz CT molecular complexity index is 1880. The average molecular weight is 583 g/mol. The van der Waals surface area contributed by atoms with Gasteiger partial charge in [-0.1, -0.05) is 29.8 Å². The number of nitrogens with zero attached hydrogens (tertiary/aromatic N) is 2. The van der Waals surface area contributed by atoms with Gasteiger partial charge in [0.2, 0.25) is 0 Å². The van der Waals surface area contributed by atoms with E-state index >= 15 is 8.78 Å². The van der Waals surface area contributed by atoms with Crippen LogP contribution in [0.3, 0.4) is 0 Å². The third-order valence-corrected chi connectivity index (χ3v) is 7.97. The zero-order valence-electron chi connectivity index (χ0n) is 23.7. The van der Waals surface area contributed by atoms with Crippen LogP contribution >= 0.6 is 0 Å². The largest absolute Gasteiger partial charge is 0.455 e. The highest BCUT2D eigenvalue weighted by molar-refractivity contribution is 6.12. The number of aromatic nitrogens is 2. The quantitative estimate of drug-likeness (QED) is 0.240. The molecule has 0 atom stereocenters. The van der Waals surface area contributed by atoms with E-state index in [0.29, 0.717) is 11.4 Å². The Kier molecular flexibility index (Phi) is 7.01. The van der Waals surface area contributed by atoms with Crippen LogP contribution in [0.5, 0.6) is 0 Å². The van der Waals surface area contributed by atoms with E-state index in [-0.39, 0.29) is 57.4 Å². The number of aliphatic hydroxyl groups excluding tert-OH is 1. The molecule has 1 aliphatic carbocycles. The zero-order valence-corrected chi connectivity index (χ0v) is 23.7. The molecule has 218 valence electrons. The Labute approximate surface area is 245 Å². The monoisotopic (exact) mass is 582 g/mol. The minimum atomic E-state index is -1.02. The number of furan rings is 1. The Morgan fingerprint density at radius 2 is 1.67 bits per heavy atom. The van der Waals surface area contributed by atoms with Gasteiger partial charge in [0.05, 0.1) is 17.1 Å². The summed E-state index contributed by atoms with van der Waals surface area (Å²) in [6.45, 7) is 3.42. The van der Waals surface area contributed by atoms with Gasteiger partial charge in [0, 0.05) is 49.0 Å². The molecule has 0 unspecified atom stereocenters. The highest BCUT2D eigenvalue weighted by atomic mass is 19.1. The maximum atomic E-state index is 16.4. The number of aliphatic hydroxyl groups is 1. The SMILES string of the molecule is CNC(=O)c1c(-c2ccc(C)cc2)oc2ccc(-c3cc(C(=O)NC4(c5ncccn5)CC(O)C4)cc(F)c3C)c(F)c12. The van der Waals surface area contributed by atoms with Crippen LogP contribution in [0.4, 0.5) is 8.78 Å². The third-order valence-electron chi connectivity index (χ3n) is 7.97. The van der Waals surface area contributed by atoms with Crippen molar-refractivity contribution in [3.8, 4) is 22.5 Å². The van der Waals surface area contributed by atoms with Gasteiger partial charge in [-0.3, -0.25) is 9.59 Å². The van der Waals surface area contributed by atoms with Crippen molar-refractivity contribution in [3.63, 3.8) is 0 Å². The van der Waals surface area contributed by atoms with Gasteiger partial charge in [-0.15, -0.1) is 0 Å². The van der Waals surface area contributed by atoms with E-state index in [1.807, 2.05) is 19.1 Å². The van der Waals surface area contributed by atoms with Crippen LogP contribution in [0.25, 0.3) is 33.4 Å². The summed E-state index contributed by atoms with van der Waals surface area (Å²) in [5.41, 5.74) is 0.967. The number of aryl methyl sites for hydroxylation is 1. The number of benzene rings is 3. The van der Waals surface area contributed by atoms with Crippen molar-refractivity contribution in [2.24, 2.45) is 0 Å². The smallest absolute Gasteiger partial charge is 0.255 e. The summed E-state index contributed by atoms with van der Waals surface area (Å²) in [5.74, 6) is -2.12. The number of nitrogens with one attached hydrogen (secondary N) is 2. The van der Waals surface area contributed by atoms with Crippen LogP contribution in [-0.4, -0.2) is 40.0 Å². The number of carbonyl (C=O) groups excluding carboxylic acids is 2. The van der Waals surface area contributed by atoms with Crippen molar-refractivity contribution in [2.45, 2.75) is 38.3 Å². The topological polar surface area (TPSA) is 117 Å². The van der Waals surface area contributed by atoms with Gasteiger partial charge in [-0.25, -0.2) is 18.7 Å². The minimum Gasteiger partial charge on any atom is -0.455 e. The van der Waals surface area contributed by atoms with E-state index in [9.17, 15) is 14.7 Å². The van der Waals surface area contributed by atoms with Crippen molar-refractivity contribution in [1.29, 1.82) is 0 Å². The van der Waals surface area contributed by atoms with Gasteiger partial charge >= 0.3 is 0 Å². The fourth-order valence-corrected chi connectivity index (χ4v) is 5.62. The van der Waals surface area contributed by atoms with Crippen molar-refractivity contribution in [3.05, 3.63) is 107 Å². The number of hydrogen-bond acceptors (Lipinski definition) is 6. The molecule has 2 aromatic heterocycles. The predicted octanol–water partition coefficient (Wildman–Crippen LogP) is 5.59. The Morgan fingerprint density at radius 1 is 0.977 bits per heavy atom. The molecule has 3 N–H and O–H groups in total. The summed E-state index contributed by atoms with van der Waals surface area (Å²) in [7, 11) is 1.44. The molecule has 0 saturated heterocycles. The Morgan fingerprint density at radius 3 is 2.33 bits per heavy atom. The van der Waals surface area contributed by atoms with E-state index in [4.69, 9.17) is 4.42 Å². The van der Waals surface area contributed by atoms with Crippen molar-refractivity contribution >= 4 is 22.8 Å². The second kappa shape index (κ2) is 10.7. The lowest BCUT2D eigenvalue weighted by Gasteiger charge is -2.44. The normalized spacial score (nSPS) is 17.9. The Balaban J connectivity index is 1.45. The molecular formula is C33H28F2N4O4. The van der Waals surface area contributed by atoms with Gasteiger partial charge in [0.1, 0.15) is 28.5 Å². The lowest BCUT2D eigenvalue weighted by molar-refractivity contribution is -0.00345. The standard InChI is InChI=1S/C33H28F2N4O4/c1-17-5-7-19(8-6-17)29-27(31(42)36-3)26-25(43-29)10-9-22(28(26)35)23-13-20(14-24(34)18(23)2)30(41)39-33(15-21(40)16-33)32-37-11-4-12-38-32/h4-14,21,40H,15-16H2,1-3H3,(H,36,42)(H,39,41). The molecule has 1 saturated carbocycles. The summed E-state index contributed by atoms with van der Waals surface area (Å²) >= 11 is 0. The van der Waals surface area contributed by atoms with Crippen LogP contribution in [-0.2, 0) is 5.54 Å². The maximum Gasteiger partial charge on any atom is 0.255 e. The van der Waals surface area contributed by atoms with Crippen LogP contribution in [0.15, 0.2) is 71.4 Å². The molecule has 1 aliphatic rings. The molecule has 1 fully saturated rings. The second-order valence-electron chi connectivity index (χ2n) is 10.9. The summed E-state index contributed by atoms with van der Waals surface area (Å²) < 4.78 is 37.7. The minimum absolute atomic E-state index is 0.000122. The van der Waals surface area contributed by atoms with Crippen molar-refractivity contribution in [2.75, 3.05) is 7.05 Å². The van der Waals surface area contributed by atoms with Gasteiger partial charge in [-0.05, 0) is 55.3 Å². The first-order valence-electron chi connectivity index (χ1n) is 13.7.